The van der Waals surface area contributed by atoms with Crippen LogP contribution in [0.25, 0.3) is 6.08 Å². The van der Waals surface area contributed by atoms with Crippen LogP contribution in [0, 0.1) is 0 Å². The summed E-state index contributed by atoms with van der Waals surface area (Å²) in [6, 6.07) is 13.1. The Labute approximate surface area is 122 Å². The van der Waals surface area contributed by atoms with E-state index in [-0.39, 0.29) is 5.91 Å². The smallest absolute Gasteiger partial charge is 0.278 e. The van der Waals surface area contributed by atoms with E-state index in [2.05, 4.69) is 4.99 Å². The molecule has 0 radical (unpaired) electrons. The Hall–Kier alpha value is -2.66. The van der Waals surface area contributed by atoms with Gasteiger partial charge < -0.3 is 10.2 Å². The molecule has 1 aromatic heterocycles. The summed E-state index contributed by atoms with van der Waals surface area (Å²) in [5, 5.41) is 0. The highest BCUT2D eigenvalue weighted by molar-refractivity contribution is 6.19. The zero-order valence-electron chi connectivity index (χ0n) is 11.4. The summed E-state index contributed by atoms with van der Waals surface area (Å²) in [6.07, 6.45) is 3.20. The molecule has 0 aliphatic carbocycles. The first-order valence-corrected chi connectivity index (χ1v) is 6.71. The van der Waals surface area contributed by atoms with Crippen molar-refractivity contribution in [2.24, 2.45) is 10.7 Å². The second kappa shape index (κ2) is 5.76. The van der Waals surface area contributed by atoms with Gasteiger partial charge in [-0.05, 0) is 12.1 Å². The van der Waals surface area contributed by atoms with E-state index in [0.29, 0.717) is 30.4 Å². The van der Waals surface area contributed by atoms with E-state index in [0.717, 1.165) is 5.56 Å². The van der Waals surface area contributed by atoms with Gasteiger partial charge in [-0.1, -0.05) is 30.3 Å². The number of nitrogens with two attached hydrogens (primary N) is 1. The van der Waals surface area contributed by atoms with Crippen LogP contribution in [0.15, 0.2) is 63.8 Å². The zero-order chi connectivity index (χ0) is 14.7. The van der Waals surface area contributed by atoms with Crippen molar-refractivity contribution < 1.29 is 9.21 Å². The lowest BCUT2D eigenvalue weighted by Crippen LogP contribution is -2.36. The molecule has 2 N–H and O–H groups in total. The van der Waals surface area contributed by atoms with Crippen LogP contribution in [-0.2, 0) is 4.79 Å². The summed E-state index contributed by atoms with van der Waals surface area (Å²) in [5.41, 5.74) is 6.85. The molecule has 0 saturated carbocycles. The average Bonchev–Trinajstić information content (AvgIpc) is 3.12. The molecule has 0 atom stereocenters. The van der Waals surface area contributed by atoms with Gasteiger partial charge in [0.25, 0.3) is 5.91 Å². The third kappa shape index (κ3) is 2.64. The third-order valence-corrected chi connectivity index (χ3v) is 3.15. The number of amides is 1. The van der Waals surface area contributed by atoms with Crippen molar-refractivity contribution in [2.45, 2.75) is 0 Å². The van der Waals surface area contributed by atoms with Gasteiger partial charge in [-0.3, -0.25) is 9.69 Å². The van der Waals surface area contributed by atoms with Gasteiger partial charge in [0.1, 0.15) is 17.3 Å². The number of carbonyl (C=O) groups is 1. The third-order valence-electron chi connectivity index (χ3n) is 3.15. The minimum absolute atomic E-state index is 0.157. The number of aliphatic imine (C=N–C) groups is 1. The molecule has 0 bridgehead atoms. The predicted molar refractivity (Wildman–Crippen MR) is 80.4 cm³/mol. The van der Waals surface area contributed by atoms with Crippen molar-refractivity contribution in [1.29, 1.82) is 0 Å². The first kappa shape index (κ1) is 13.3. The molecule has 0 saturated heterocycles. The molecule has 5 heteroatoms. The highest BCUT2D eigenvalue weighted by Gasteiger charge is 2.30. The Balaban J connectivity index is 2.01. The number of furan rings is 1. The van der Waals surface area contributed by atoms with Gasteiger partial charge in [0.2, 0.25) is 0 Å². The van der Waals surface area contributed by atoms with Crippen molar-refractivity contribution in [1.82, 2.24) is 4.90 Å². The topological polar surface area (TPSA) is 71.8 Å². The van der Waals surface area contributed by atoms with E-state index >= 15 is 0 Å². The highest BCUT2D eigenvalue weighted by atomic mass is 16.3. The number of hydrogen-bond donors (Lipinski definition) is 1. The van der Waals surface area contributed by atoms with Gasteiger partial charge >= 0.3 is 0 Å². The fraction of sp³-hybridized carbons (Fsp3) is 0.125. The van der Waals surface area contributed by atoms with Gasteiger partial charge in [-0.2, -0.15) is 0 Å². The fourth-order valence-electron chi connectivity index (χ4n) is 2.20. The van der Waals surface area contributed by atoms with Gasteiger partial charge in [-0.25, -0.2) is 4.99 Å². The Morgan fingerprint density at radius 1 is 1.19 bits per heavy atom. The molecule has 1 aromatic carbocycles. The van der Waals surface area contributed by atoms with Crippen LogP contribution in [0.1, 0.15) is 11.3 Å². The summed E-state index contributed by atoms with van der Waals surface area (Å²) in [5.74, 6) is 1.07. The summed E-state index contributed by atoms with van der Waals surface area (Å²) in [4.78, 5) is 18.5. The van der Waals surface area contributed by atoms with Crippen molar-refractivity contribution >= 4 is 17.8 Å². The van der Waals surface area contributed by atoms with Crippen LogP contribution in [0.4, 0.5) is 0 Å². The SMILES string of the molecule is NCCN1C(=O)/C(=C/c2ccco2)N=C1c1ccccc1. The maximum atomic E-state index is 12.5. The van der Waals surface area contributed by atoms with E-state index in [1.807, 2.05) is 30.3 Å². The minimum Gasteiger partial charge on any atom is -0.465 e. The number of hydrogen-bond acceptors (Lipinski definition) is 4. The van der Waals surface area contributed by atoms with Crippen LogP contribution in [0.3, 0.4) is 0 Å². The van der Waals surface area contributed by atoms with Crippen LogP contribution in [0.2, 0.25) is 0 Å². The molecule has 3 rings (SSSR count). The second-order valence-electron chi connectivity index (χ2n) is 4.59. The van der Waals surface area contributed by atoms with Gasteiger partial charge in [0.15, 0.2) is 0 Å². The predicted octanol–water partition coefficient (Wildman–Crippen LogP) is 1.87. The largest absolute Gasteiger partial charge is 0.465 e. The van der Waals surface area contributed by atoms with Crippen LogP contribution in [-0.4, -0.2) is 29.7 Å². The molecule has 1 aliphatic rings. The molecular formula is C16H15N3O2. The number of amidine groups is 1. The van der Waals surface area contributed by atoms with Gasteiger partial charge in [0.05, 0.1) is 6.26 Å². The van der Waals surface area contributed by atoms with Crippen molar-refractivity contribution in [3.8, 4) is 0 Å². The zero-order valence-corrected chi connectivity index (χ0v) is 11.4. The Morgan fingerprint density at radius 3 is 2.67 bits per heavy atom. The second-order valence-corrected chi connectivity index (χ2v) is 4.59. The molecule has 0 fully saturated rings. The van der Waals surface area contributed by atoms with Crippen LogP contribution >= 0.6 is 0 Å². The fourth-order valence-corrected chi connectivity index (χ4v) is 2.20. The molecule has 2 heterocycles. The van der Waals surface area contributed by atoms with E-state index in [9.17, 15) is 4.79 Å². The molecule has 106 valence electrons. The lowest BCUT2D eigenvalue weighted by atomic mass is 10.2. The molecule has 1 amide bonds. The van der Waals surface area contributed by atoms with E-state index in [1.54, 1.807) is 29.4 Å². The lowest BCUT2D eigenvalue weighted by molar-refractivity contribution is -0.122. The van der Waals surface area contributed by atoms with E-state index < -0.39 is 0 Å². The van der Waals surface area contributed by atoms with E-state index in [4.69, 9.17) is 10.2 Å². The van der Waals surface area contributed by atoms with Crippen LogP contribution < -0.4 is 5.73 Å². The average molecular weight is 281 g/mol. The number of nitrogens with zero attached hydrogens (tertiary/aromatic N) is 2. The normalized spacial score (nSPS) is 16.6. The number of rotatable bonds is 4. The minimum atomic E-state index is -0.157. The molecule has 5 nitrogen and oxygen atoms in total. The van der Waals surface area contributed by atoms with Gasteiger partial charge in [0, 0.05) is 24.7 Å². The lowest BCUT2D eigenvalue weighted by Gasteiger charge is -2.17. The number of benzene rings is 1. The van der Waals surface area contributed by atoms with Crippen LogP contribution in [0.5, 0.6) is 0 Å². The molecule has 2 aromatic rings. The first-order valence-electron chi connectivity index (χ1n) is 6.71. The molecule has 0 spiro atoms. The quantitative estimate of drug-likeness (QED) is 0.870. The first-order chi connectivity index (χ1) is 10.3. The Bertz CT molecular complexity index is 688. The van der Waals surface area contributed by atoms with Crippen molar-refractivity contribution in [3.05, 3.63) is 65.7 Å². The standard InChI is InChI=1S/C16H15N3O2/c17-8-9-19-15(12-5-2-1-3-6-12)18-14(16(19)20)11-13-7-4-10-21-13/h1-7,10-11H,8-9,17H2/b14-11-. The monoisotopic (exact) mass is 281 g/mol. The Morgan fingerprint density at radius 2 is 2.00 bits per heavy atom. The molecule has 1 aliphatic heterocycles. The summed E-state index contributed by atoms with van der Waals surface area (Å²) >= 11 is 0. The molecular weight excluding hydrogens is 266 g/mol. The molecule has 21 heavy (non-hydrogen) atoms. The maximum absolute atomic E-state index is 12.5. The van der Waals surface area contributed by atoms with Gasteiger partial charge in [-0.15, -0.1) is 0 Å². The van der Waals surface area contributed by atoms with Crippen molar-refractivity contribution in [2.75, 3.05) is 13.1 Å². The Kier molecular flexibility index (Phi) is 3.66. The van der Waals surface area contributed by atoms with E-state index in [1.165, 1.54) is 0 Å². The number of carbonyl (C=O) groups excluding carboxylic acids is 1. The summed E-state index contributed by atoms with van der Waals surface area (Å²) < 4.78 is 5.24. The maximum Gasteiger partial charge on any atom is 0.278 e. The molecule has 0 unspecified atom stereocenters. The summed E-state index contributed by atoms with van der Waals surface area (Å²) in [7, 11) is 0. The highest BCUT2D eigenvalue weighted by Crippen LogP contribution is 2.21. The van der Waals surface area contributed by atoms with Crippen molar-refractivity contribution in [3.63, 3.8) is 0 Å². The summed E-state index contributed by atoms with van der Waals surface area (Å²) in [6.45, 7) is 0.813.